The molecule has 0 aromatic carbocycles. The molecule has 108 valence electrons. The summed E-state index contributed by atoms with van der Waals surface area (Å²) in [4.78, 5) is 25.3. The highest BCUT2D eigenvalue weighted by Gasteiger charge is 2.32. The third-order valence-electron chi connectivity index (χ3n) is 4.38. The lowest BCUT2D eigenvalue weighted by Crippen LogP contribution is -2.49. The van der Waals surface area contributed by atoms with Gasteiger partial charge in [0.05, 0.1) is 6.54 Å². The largest absolute Gasteiger partial charge is 0.341 e. The molecule has 19 heavy (non-hydrogen) atoms. The van der Waals surface area contributed by atoms with Crippen LogP contribution < -0.4 is 10.6 Å². The normalized spacial score (nSPS) is 26.5. The molecule has 1 heterocycles. The molecular weight excluding hydrogens is 242 g/mol. The molecule has 1 aliphatic carbocycles. The van der Waals surface area contributed by atoms with Gasteiger partial charge in [0, 0.05) is 19.6 Å². The van der Waals surface area contributed by atoms with Gasteiger partial charge in [-0.05, 0) is 31.6 Å². The predicted molar refractivity (Wildman–Crippen MR) is 73.7 cm³/mol. The highest BCUT2D eigenvalue weighted by atomic mass is 16.2. The average Bonchev–Trinajstić information content (AvgIpc) is 2.44. The van der Waals surface area contributed by atoms with E-state index in [2.05, 4.69) is 10.6 Å². The number of piperidine rings is 1. The molecule has 2 N–H and O–H groups in total. The van der Waals surface area contributed by atoms with Gasteiger partial charge in [0.2, 0.25) is 5.91 Å². The third kappa shape index (κ3) is 3.85. The maximum atomic E-state index is 12.1. The summed E-state index contributed by atoms with van der Waals surface area (Å²) in [7, 11) is 0. The van der Waals surface area contributed by atoms with Crippen LogP contribution in [0, 0.1) is 11.8 Å². The van der Waals surface area contributed by atoms with Crippen LogP contribution in [0.3, 0.4) is 0 Å². The predicted octanol–water partition coefficient (Wildman–Crippen LogP) is 1.34. The van der Waals surface area contributed by atoms with Gasteiger partial charge in [-0.15, -0.1) is 0 Å². The van der Waals surface area contributed by atoms with Crippen molar-refractivity contribution >= 4 is 11.9 Å². The van der Waals surface area contributed by atoms with Crippen molar-refractivity contribution in [1.29, 1.82) is 0 Å². The van der Waals surface area contributed by atoms with Crippen LogP contribution in [0.25, 0.3) is 0 Å². The summed E-state index contributed by atoms with van der Waals surface area (Å²) in [5, 5.41) is 5.24. The summed E-state index contributed by atoms with van der Waals surface area (Å²) >= 11 is 0. The number of hydrogen-bond acceptors (Lipinski definition) is 2. The maximum absolute atomic E-state index is 12.1. The SMILES string of the molecule is CCNC(=O)NCC(=O)N1CCC2CCCCC2C1. The molecule has 5 nitrogen and oxygen atoms in total. The summed E-state index contributed by atoms with van der Waals surface area (Å²) in [5.74, 6) is 1.57. The summed E-state index contributed by atoms with van der Waals surface area (Å²) in [6, 6.07) is -0.261. The first-order valence-corrected chi connectivity index (χ1v) is 7.50. The minimum Gasteiger partial charge on any atom is -0.341 e. The number of nitrogens with zero attached hydrogens (tertiary/aromatic N) is 1. The molecule has 2 aliphatic rings. The number of carbonyl (C=O) groups is 2. The molecule has 0 radical (unpaired) electrons. The van der Waals surface area contributed by atoms with E-state index in [0.29, 0.717) is 12.5 Å². The monoisotopic (exact) mass is 267 g/mol. The van der Waals surface area contributed by atoms with Crippen molar-refractivity contribution in [2.24, 2.45) is 11.8 Å². The van der Waals surface area contributed by atoms with E-state index in [-0.39, 0.29) is 18.5 Å². The second-order valence-corrected chi connectivity index (χ2v) is 5.65. The zero-order valence-electron chi connectivity index (χ0n) is 11.8. The molecule has 2 fully saturated rings. The smallest absolute Gasteiger partial charge is 0.315 e. The van der Waals surface area contributed by atoms with Crippen LogP contribution in [0.4, 0.5) is 4.79 Å². The molecule has 2 rings (SSSR count). The van der Waals surface area contributed by atoms with Crippen LogP contribution in [0.2, 0.25) is 0 Å². The fourth-order valence-corrected chi connectivity index (χ4v) is 3.32. The zero-order chi connectivity index (χ0) is 13.7. The Balaban J connectivity index is 1.75. The van der Waals surface area contributed by atoms with Crippen LogP contribution in [-0.2, 0) is 4.79 Å². The Hall–Kier alpha value is -1.26. The Morgan fingerprint density at radius 2 is 1.84 bits per heavy atom. The molecule has 0 spiro atoms. The second-order valence-electron chi connectivity index (χ2n) is 5.65. The maximum Gasteiger partial charge on any atom is 0.315 e. The van der Waals surface area contributed by atoms with Gasteiger partial charge in [0.1, 0.15) is 0 Å². The van der Waals surface area contributed by atoms with Gasteiger partial charge in [-0.1, -0.05) is 19.3 Å². The van der Waals surface area contributed by atoms with E-state index >= 15 is 0 Å². The quantitative estimate of drug-likeness (QED) is 0.810. The van der Waals surface area contributed by atoms with Crippen molar-refractivity contribution in [2.75, 3.05) is 26.2 Å². The molecule has 0 bridgehead atoms. The van der Waals surface area contributed by atoms with E-state index in [4.69, 9.17) is 0 Å². The number of rotatable bonds is 3. The van der Waals surface area contributed by atoms with Crippen LogP contribution in [0.5, 0.6) is 0 Å². The molecule has 0 aromatic rings. The Morgan fingerprint density at radius 1 is 1.11 bits per heavy atom. The molecule has 1 saturated heterocycles. The number of carbonyl (C=O) groups excluding carboxylic acids is 2. The van der Waals surface area contributed by atoms with Crippen LogP contribution in [0.15, 0.2) is 0 Å². The van der Waals surface area contributed by atoms with E-state index in [1.807, 2.05) is 11.8 Å². The van der Waals surface area contributed by atoms with Crippen molar-refractivity contribution in [1.82, 2.24) is 15.5 Å². The molecule has 0 aromatic heterocycles. The van der Waals surface area contributed by atoms with Gasteiger partial charge >= 0.3 is 6.03 Å². The van der Waals surface area contributed by atoms with Gasteiger partial charge < -0.3 is 15.5 Å². The fraction of sp³-hybridized carbons (Fsp3) is 0.857. The zero-order valence-corrected chi connectivity index (χ0v) is 11.8. The highest BCUT2D eigenvalue weighted by molar-refractivity contribution is 5.84. The molecule has 5 heteroatoms. The van der Waals surface area contributed by atoms with Crippen molar-refractivity contribution in [2.45, 2.75) is 39.0 Å². The first kappa shape index (κ1) is 14.2. The Bertz CT molecular complexity index is 333. The van der Waals surface area contributed by atoms with Gasteiger partial charge in [0.25, 0.3) is 0 Å². The number of fused-ring (bicyclic) bond motifs is 1. The van der Waals surface area contributed by atoms with Crippen LogP contribution in [0.1, 0.15) is 39.0 Å². The standard InChI is InChI=1S/C14H25N3O2/c1-2-15-14(19)16-9-13(18)17-8-7-11-5-3-4-6-12(11)10-17/h11-12H,2-10H2,1H3,(H2,15,16,19). The number of amides is 3. The minimum absolute atomic E-state index is 0.0512. The average molecular weight is 267 g/mol. The number of likely N-dealkylation sites (tertiary alicyclic amines) is 1. The molecule has 1 saturated carbocycles. The second kappa shape index (κ2) is 6.78. The van der Waals surface area contributed by atoms with Gasteiger partial charge in [0.15, 0.2) is 0 Å². The lowest BCUT2D eigenvalue weighted by atomic mass is 9.75. The summed E-state index contributed by atoms with van der Waals surface area (Å²) < 4.78 is 0. The summed E-state index contributed by atoms with van der Waals surface area (Å²) in [5.41, 5.74) is 0. The first-order valence-electron chi connectivity index (χ1n) is 7.50. The van der Waals surface area contributed by atoms with Crippen molar-refractivity contribution in [3.63, 3.8) is 0 Å². The lowest BCUT2D eigenvalue weighted by Gasteiger charge is -2.41. The van der Waals surface area contributed by atoms with Gasteiger partial charge in [-0.25, -0.2) is 4.79 Å². The van der Waals surface area contributed by atoms with Crippen LogP contribution >= 0.6 is 0 Å². The number of hydrogen-bond donors (Lipinski definition) is 2. The van der Waals surface area contributed by atoms with E-state index < -0.39 is 0 Å². The van der Waals surface area contributed by atoms with Gasteiger partial charge in [-0.2, -0.15) is 0 Å². The van der Waals surface area contributed by atoms with E-state index in [1.54, 1.807) is 0 Å². The molecule has 3 amide bonds. The van der Waals surface area contributed by atoms with Crippen LogP contribution in [-0.4, -0.2) is 43.0 Å². The van der Waals surface area contributed by atoms with Crippen molar-refractivity contribution in [3.8, 4) is 0 Å². The topological polar surface area (TPSA) is 61.4 Å². The molecule has 2 atom stereocenters. The highest BCUT2D eigenvalue weighted by Crippen LogP contribution is 2.35. The fourth-order valence-electron chi connectivity index (χ4n) is 3.32. The Labute approximate surface area is 115 Å². The molecule has 2 unspecified atom stereocenters. The number of urea groups is 1. The third-order valence-corrected chi connectivity index (χ3v) is 4.38. The van der Waals surface area contributed by atoms with Gasteiger partial charge in [-0.3, -0.25) is 4.79 Å². The minimum atomic E-state index is -0.261. The first-order chi connectivity index (χ1) is 9.20. The van der Waals surface area contributed by atoms with E-state index in [0.717, 1.165) is 25.4 Å². The Morgan fingerprint density at radius 3 is 2.58 bits per heavy atom. The molecular formula is C14H25N3O2. The van der Waals surface area contributed by atoms with E-state index in [1.165, 1.54) is 25.7 Å². The lowest BCUT2D eigenvalue weighted by molar-refractivity contribution is -0.133. The van der Waals surface area contributed by atoms with Crippen molar-refractivity contribution in [3.05, 3.63) is 0 Å². The molecule has 1 aliphatic heterocycles. The van der Waals surface area contributed by atoms with Crippen molar-refractivity contribution < 1.29 is 9.59 Å². The summed E-state index contributed by atoms with van der Waals surface area (Å²) in [6.45, 7) is 4.30. The summed E-state index contributed by atoms with van der Waals surface area (Å²) in [6.07, 6.45) is 6.40. The Kier molecular flexibility index (Phi) is 5.05. The van der Waals surface area contributed by atoms with E-state index in [9.17, 15) is 9.59 Å². The number of nitrogens with one attached hydrogen (secondary N) is 2.